The summed E-state index contributed by atoms with van der Waals surface area (Å²) in [6.45, 7) is 2.36. The molecule has 27 heavy (non-hydrogen) atoms. The van der Waals surface area contributed by atoms with Gasteiger partial charge in [0.05, 0.1) is 12.1 Å². The minimum atomic E-state index is -0.218. The first-order chi connectivity index (χ1) is 12.6. The lowest BCUT2D eigenvalue weighted by Crippen LogP contribution is -2.42. The van der Waals surface area contributed by atoms with Gasteiger partial charge in [0.15, 0.2) is 0 Å². The highest BCUT2D eigenvalue weighted by Gasteiger charge is 2.40. The van der Waals surface area contributed by atoms with Crippen LogP contribution in [0.5, 0.6) is 0 Å². The summed E-state index contributed by atoms with van der Waals surface area (Å²) in [5.41, 5.74) is 2.22. The number of aromatic nitrogens is 2. The van der Waals surface area contributed by atoms with Crippen molar-refractivity contribution < 1.29 is 9.18 Å². The maximum atomic E-state index is 13.3. The molecule has 2 aromatic rings. The Morgan fingerprint density at radius 3 is 2.78 bits per heavy atom. The van der Waals surface area contributed by atoms with Gasteiger partial charge in [-0.3, -0.25) is 9.48 Å². The van der Waals surface area contributed by atoms with E-state index in [0.717, 1.165) is 50.0 Å². The molecule has 1 amide bonds. The summed E-state index contributed by atoms with van der Waals surface area (Å²) < 4.78 is 14.9. The van der Waals surface area contributed by atoms with Gasteiger partial charge in [-0.2, -0.15) is 5.10 Å². The number of rotatable bonds is 4. The van der Waals surface area contributed by atoms with Gasteiger partial charge in [-0.1, -0.05) is 12.1 Å². The molecule has 2 fully saturated rings. The average Bonchev–Trinajstić information content (AvgIpc) is 3.36. The molecule has 5 nitrogen and oxygen atoms in total. The number of nitrogens with one attached hydrogen (secondary N) is 1. The van der Waals surface area contributed by atoms with Crippen LogP contribution >= 0.6 is 12.4 Å². The number of amides is 1. The van der Waals surface area contributed by atoms with Gasteiger partial charge >= 0.3 is 0 Å². The van der Waals surface area contributed by atoms with E-state index in [1.54, 1.807) is 4.68 Å². The predicted octanol–water partition coefficient (Wildman–Crippen LogP) is 2.52. The summed E-state index contributed by atoms with van der Waals surface area (Å²) in [6, 6.07) is 6.85. The van der Waals surface area contributed by atoms with Crippen molar-refractivity contribution in [2.24, 2.45) is 13.0 Å². The molecule has 2 aliphatic heterocycles. The standard InChI is InChI=1S/C20H25FN4O.ClH/c1-24-13-15(10-23-24)18-11-22-12-19(18)20(26)25-8-2-3-17(25)9-14-4-6-16(21)7-5-14;/h4-7,10,13,17-19,22H,2-3,8-9,11-12H2,1H3;1H/t17?,18-,19+;/m1./s1. The van der Waals surface area contributed by atoms with E-state index >= 15 is 0 Å². The van der Waals surface area contributed by atoms with Crippen molar-refractivity contribution >= 4 is 18.3 Å². The molecule has 0 bridgehead atoms. The Hall–Kier alpha value is -1.92. The van der Waals surface area contributed by atoms with Gasteiger partial charge in [0.1, 0.15) is 5.82 Å². The third-order valence-electron chi connectivity index (χ3n) is 5.73. The minimum absolute atomic E-state index is 0. The van der Waals surface area contributed by atoms with Crippen LogP contribution in [-0.2, 0) is 18.3 Å². The molecule has 1 unspecified atom stereocenters. The van der Waals surface area contributed by atoms with E-state index in [4.69, 9.17) is 0 Å². The number of likely N-dealkylation sites (tertiary alicyclic amines) is 1. The molecular formula is C20H26ClFN4O. The highest BCUT2D eigenvalue weighted by molar-refractivity contribution is 5.85. The Balaban J connectivity index is 0.00000210. The van der Waals surface area contributed by atoms with E-state index in [0.29, 0.717) is 0 Å². The minimum Gasteiger partial charge on any atom is -0.339 e. The highest BCUT2D eigenvalue weighted by Crippen LogP contribution is 2.32. The van der Waals surface area contributed by atoms with E-state index < -0.39 is 0 Å². The molecule has 1 aromatic heterocycles. The number of carbonyl (C=O) groups excluding carboxylic acids is 1. The van der Waals surface area contributed by atoms with E-state index in [-0.39, 0.29) is 42.0 Å². The van der Waals surface area contributed by atoms with Crippen LogP contribution in [-0.4, -0.2) is 46.3 Å². The van der Waals surface area contributed by atoms with Gasteiger partial charge in [0.2, 0.25) is 5.91 Å². The maximum Gasteiger partial charge on any atom is 0.227 e. The fourth-order valence-electron chi connectivity index (χ4n) is 4.36. The summed E-state index contributed by atoms with van der Waals surface area (Å²) >= 11 is 0. The average molecular weight is 393 g/mol. The van der Waals surface area contributed by atoms with Crippen LogP contribution in [0.3, 0.4) is 0 Å². The maximum absolute atomic E-state index is 13.3. The quantitative estimate of drug-likeness (QED) is 0.869. The zero-order chi connectivity index (χ0) is 18.1. The zero-order valence-corrected chi connectivity index (χ0v) is 16.3. The molecule has 0 spiro atoms. The number of hydrogen-bond donors (Lipinski definition) is 1. The molecule has 2 saturated heterocycles. The summed E-state index contributed by atoms with van der Waals surface area (Å²) in [4.78, 5) is 15.4. The first-order valence-corrected chi connectivity index (χ1v) is 9.36. The third-order valence-corrected chi connectivity index (χ3v) is 5.73. The van der Waals surface area contributed by atoms with Crippen molar-refractivity contribution in [2.75, 3.05) is 19.6 Å². The van der Waals surface area contributed by atoms with Crippen molar-refractivity contribution in [1.82, 2.24) is 20.0 Å². The lowest BCUT2D eigenvalue weighted by atomic mass is 9.89. The smallest absolute Gasteiger partial charge is 0.227 e. The summed E-state index contributed by atoms with van der Waals surface area (Å²) in [5, 5.41) is 7.64. The summed E-state index contributed by atoms with van der Waals surface area (Å²) in [6.07, 6.45) is 6.73. The zero-order valence-electron chi connectivity index (χ0n) is 15.5. The van der Waals surface area contributed by atoms with Crippen LogP contribution in [0.1, 0.15) is 29.9 Å². The molecule has 146 valence electrons. The molecule has 0 aliphatic carbocycles. The Morgan fingerprint density at radius 1 is 1.30 bits per heavy atom. The molecule has 4 rings (SSSR count). The van der Waals surface area contributed by atoms with Crippen LogP contribution in [0.4, 0.5) is 4.39 Å². The third kappa shape index (κ3) is 4.17. The first kappa shape index (κ1) is 19.8. The summed E-state index contributed by atoms with van der Waals surface area (Å²) in [5.74, 6) is 0.175. The number of benzene rings is 1. The van der Waals surface area contributed by atoms with Gasteiger partial charge in [0.25, 0.3) is 0 Å². The summed E-state index contributed by atoms with van der Waals surface area (Å²) in [7, 11) is 1.90. The van der Waals surface area contributed by atoms with Crippen molar-refractivity contribution in [3.63, 3.8) is 0 Å². The van der Waals surface area contributed by atoms with E-state index in [9.17, 15) is 9.18 Å². The van der Waals surface area contributed by atoms with Crippen molar-refractivity contribution in [1.29, 1.82) is 0 Å². The van der Waals surface area contributed by atoms with Gasteiger partial charge < -0.3 is 10.2 Å². The Morgan fingerprint density at radius 2 is 2.07 bits per heavy atom. The van der Waals surface area contributed by atoms with Crippen LogP contribution in [0.25, 0.3) is 0 Å². The molecule has 7 heteroatoms. The molecule has 0 saturated carbocycles. The largest absolute Gasteiger partial charge is 0.339 e. The Kier molecular flexibility index (Phi) is 6.17. The van der Waals surface area contributed by atoms with Crippen molar-refractivity contribution in [3.8, 4) is 0 Å². The van der Waals surface area contributed by atoms with Gasteiger partial charge in [-0.05, 0) is 42.5 Å². The lowest BCUT2D eigenvalue weighted by molar-refractivity contribution is -0.136. The van der Waals surface area contributed by atoms with E-state index in [1.165, 1.54) is 12.1 Å². The number of nitrogens with zero attached hydrogens (tertiary/aromatic N) is 3. The normalized spacial score (nSPS) is 24.8. The lowest BCUT2D eigenvalue weighted by Gasteiger charge is -2.29. The van der Waals surface area contributed by atoms with E-state index in [2.05, 4.69) is 15.3 Å². The van der Waals surface area contributed by atoms with Gasteiger partial charge in [-0.15, -0.1) is 12.4 Å². The SMILES string of the molecule is Cl.Cn1cc([C@H]2CNC[C@@H]2C(=O)N2CCCC2Cc2ccc(F)cc2)cn1. The fraction of sp³-hybridized carbons (Fsp3) is 0.500. The molecule has 1 N–H and O–H groups in total. The second kappa shape index (κ2) is 8.40. The number of halogens is 2. The second-order valence-electron chi connectivity index (χ2n) is 7.48. The van der Waals surface area contributed by atoms with Crippen LogP contribution in [0.2, 0.25) is 0 Å². The molecular weight excluding hydrogens is 367 g/mol. The Labute approximate surface area is 165 Å². The van der Waals surface area contributed by atoms with Gasteiger partial charge in [-0.25, -0.2) is 4.39 Å². The van der Waals surface area contributed by atoms with Crippen molar-refractivity contribution in [2.45, 2.75) is 31.2 Å². The molecule has 0 radical (unpaired) electrons. The number of carbonyl (C=O) groups is 1. The predicted molar refractivity (Wildman–Crippen MR) is 104 cm³/mol. The molecule has 3 atom stereocenters. The molecule has 3 heterocycles. The molecule has 2 aliphatic rings. The molecule has 1 aromatic carbocycles. The first-order valence-electron chi connectivity index (χ1n) is 9.36. The second-order valence-corrected chi connectivity index (χ2v) is 7.48. The Bertz CT molecular complexity index is 779. The number of hydrogen-bond acceptors (Lipinski definition) is 3. The van der Waals surface area contributed by atoms with E-state index in [1.807, 2.05) is 31.6 Å². The fourth-order valence-corrected chi connectivity index (χ4v) is 4.36. The monoisotopic (exact) mass is 392 g/mol. The highest BCUT2D eigenvalue weighted by atomic mass is 35.5. The topological polar surface area (TPSA) is 50.2 Å². The van der Waals surface area contributed by atoms with Crippen LogP contribution in [0.15, 0.2) is 36.7 Å². The van der Waals surface area contributed by atoms with Crippen molar-refractivity contribution in [3.05, 3.63) is 53.6 Å². The number of aryl methyl sites for hydroxylation is 1. The van der Waals surface area contributed by atoms with Crippen LogP contribution < -0.4 is 5.32 Å². The van der Waals surface area contributed by atoms with Crippen LogP contribution in [0, 0.1) is 11.7 Å². The van der Waals surface area contributed by atoms with Gasteiger partial charge in [0, 0.05) is 44.8 Å².